The minimum absolute atomic E-state index is 0.122. The maximum absolute atomic E-state index is 10.9. The van der Waals surface area contributed by atoms with Gasteiger partial charge >= 0.3 is 5.69 Å². The van der Waals surface area contributed by atoms with Crippen molar-refractivity contribution >= 4 is 5.69 Å². The molecule has 1 aromatic heterocycles. The third-order valence-electron chi connectivity index (χ3n) is 2.73. The molecular weight excluding hydrogens is 260 g/mol. The van der Waals surface area contributed by atoms with Gasteiger partial charge in [0, 0.05) is 24.0 Å². The van der Waals surface area contributed by atoms with Crippen molar-refractivity contribution in [3.8, 4) is 5.75 Å². The summed E-state index contributed by atoms with van der Waals surface area (Å²) in [4.78, 5) is 14.5. The van der Waals surface area contributed by atoms with Crippen LogP contribution in [-0.4, -0.2) is 15.0 Å². The van der Waals surface area contributed by atoms with Crippen LogP contribution in [0.15, 0.2) is 36.7 Å². The zero-order valence-electron chi connectivity index (χ0n) is 10.9. The number of aliphatic hydroxyl groups is 1. The number of nitro groups is 1. The molecule has 1 N–H and O–H groups in total. The van der Waals surface area contributed by atoms with Crippen LogP contribution in [0, 0.1) is 17.0 Å². The van der Waals surface area contributed by atoms with Crippen LogP contribution in [0.25, 0.3) is 0 Å². The Hall–Kier alpha value is -2.47. The Morgan fingerprint density at radius 3 is 2.75 bits per heavy atom. The van der Waals surface area contributed by atoms with Gasteiger partial charge in [0.15, 0.2) is 5.75 Å². The third-order valence-corrected chi connectivity index (χ3v) is 2.73. The lowest BCUT2D eigenvalue weighted by atomic mass is 10.2. The first-order valence-corrected chi connectivity index (χ1v) is 6.01. The van der Waals surface area contributed by atoms with E-state index in [1.807, 2.05) is 13.0 Å². The smallest absolute Gasteiger partial charge is 0.310 e. The van der Waals surface area contributed by atoms with Gasteiger partial charge in [-0.3, -0.25) is 15.1 Å². The number of ether oxygens (including phenoxy) is 1. The molecule has 6 nitrogen and oxygen atoms in total. The van der Waals surface area contributed by atoms with E-state index in [2.05, 4.69) is 4.98 Å². The summed E-state index contributed by atoms with van der Waals surface area (Å²) in [5, 5.41) is 20.0. The minimum atomic E-state index is -0.509. The van der Waals surface area contributed by atoms with Crippen LogP contribution in [0.3, 0.4) is 0 Å². The zero-order chi connectivity index (χ0) is 14.5. The van der Waals surface area contributed by atoms with E-state index in [4.69, 9.17) is 9.84 Å². The molecule has 2 rings (SSSR count). The summed E-state index contributed by atoms with van der Waals surface area (Å²) in [5.74, 6) is 0.142. The number of benzene rings is 1. The number of aliphatic hydroxyl groups excluding tert-OH is 1. The number of rotatable bonds is 5. The predicted molar refractivity (Wildman–Crippen MR) is 72.3 cm³/mol. The molecule has 0 aliphatic heterocycles. The first-order chi connectivity index (χ1) is 9.60. The van der Waals surface area contributed by atoms with Gasteiger partial charge in [0.2, 0.25) is 0 Å². The van der Waals surface area contributed by atoms with Crippen molar-refractivity contribution in [2.75, 3.05) is 0 Å². The van der Waals surface area contributed by atoms with Gasteiger partial charge < -0.3 is 9.84 Å². The monoisotopic (exact) mass is 274 g/mol. The molecule has 0 amide bonds. The zero-order valence-corrected chi connectivity index (χ0v) is 10.9. The molecule has 0 fully saturated rings. The van der Waals surface area contributed by atoms with Crippen LogP contribution in [0.2, 0.25) is 0 Å². The quantitative estimate of drug-likeness (QED) is 0.668. The van der Waals surface area contributed by atoms with Crippen LogP contribution < -0.4 is 4.74 Å². The van der Waals surface area contributed by atoms with Crippen LogP contribution in [0.4, 0.5) is 5.69 Å². The van der Waals surface area contributed by atoms with E-state index in [9.17, 15) is 10.1 Å². The fourth-order valence-electron chi connectivity index (χ4n) is 1.78. The molecule has 0 aliphatic carbocycles. The Morgan fingerprint density at radius 2 is 2.10 bits per heavy atom. The van der Waals surface area contributed by atoms with E-state index in [0.29, 0.717) is 5.56 Å². The van der Waals surface area contributed by atoms with Gasteiger partial charge in [0.05, 0.1) is 11.5 Å². The predicted octanol–water partition coefficient (Wildman–Crippen LogP) is 2.37. The highest BCUT2D eigenvalue weighted by Crippen LogP contribution is 2.28. The van der Waals surface area contributed by atoms with Crippen molar-refractivity contribution in [2.45, 2.75) is 20.1 Å². The summed E-state index contributed by atoms with van der Waals surface area (Å²) in [5.41, 5.74) is 2.26. The highest BCUT2D eigenvalue weighted by Gasteiger charge is 2.15. The molecule has 6 heteroatoms. The normalized spacial score (nSPS) is 10.3. The van der Waals surface area contributed by atoms with Crippen LogP contribution in [-0.2, 0) is 13.2 Å². The molecule has 1 aromatic carbocycles. The van der Waals surface area contributed by atoms with Crippen molar-refractivity contribution in [2.24, 2.45) is 0 Å². The fraction of sp³-hybridized carbons (Fsp3) is 0.214. The van der Waals surface area contributed by atoms with Crippen molar-refractivity contribution in [3.63, 3.8) is 0 Å². The molecule has 0 atom stereocenters. The second-order valence-corrected chi connectivity index (χ2v) is 4.38. The van der Waals surface area contributed by atoms with E-state index in [0.717, 1.165) is 11.1 Å². The molecule has 1 heterocycles. The van der Waals surface area contributed by atoms with Gasteiger partial charge in [0.1, 0.15) is 6.61 Å². The number of nitrogens with zero attached hydrogens (tertiary/aromatic N) is 2. The van der Waals surface area contributed by atoms with Gasteiger partial charge in [-0.25, -0.2) is 0 Å². The van der Waals surface area contributed by atoms with E-state index < -0.39 is 4.92 Å². The second-order valence-electron chi connectivity index (χ2n) is 4.38. The van der Waals surface area contributed by atoms with E-state index >= 15 is 0 Å². The maximum atomic E-state index is 10.9. The van der Waals surface area contributed by atoms with Crippen molar-refractivity contribution in [1.29, 1.82) is 0 Å². The van der Waals surface area contributed by atoms with Crippen LogP contribution in [0.5, 0.6) is 5.75 Å². The summed E-state index contributed by atoms with van der Waals surface area (Å²) in [6.45, 7) is 1.90. The molecule has 104 valence electrons. The molecule has 0 bridgehead atoms. The molecule has 0 saturated carbocycles. The average molecular weight is 274 g/mol. The average Bonchev–Trinajstić information content (AvgIpc) is 2.44. The molecule has 0 aliphatic rings. The molecular formula is C14H14N2O4. The summed E-state index contributed by atoms with van der Waals surface area (Å²) in [6.07, 6.45) is 3.37. The largest absolute Gasteiger partial charge is 0.482 e. The fourth-order valence-corrected chi connectivity index (χ4v) is 1.78. The number of hydrogen-bond donors (Lipinski definition) is 1. The molecule has 0 radical (unpaired) electrons. The highest BCUT2D eigenvalue weighted by atomic mass is 16.6. The Kier molecular flexibility index (Phi) is 4.27. The molecule has 0 saturated heterocycles. The topological polar surface area (TPSA) is 85.5 Å². The van der Waals surface area contributed by atoms with Gasteiger partial charge in [-0.15, -0.1) is 0 Å². The van der Waals surface area contributed by atoms with Crippen molar-refractivity contribution in [1.82, 2.24) is 4.98 Å². The first-order valence-electron chi connectivity index (χ1n) is 6.01. The van der Waals surface area contributed by atoms with Crippen LogP contribution >= 0.6 is 0 Å². The molecule has 0 spiro atoms. The number of nitro benzene ring substituents is 1. The Balaban J connectivity index is 2.21. The lowest BCUT2D eigenvalue weighted by molar-refractivity contribution is -0.386. The number of hydrogen-bond acceptors (Lipinski definition) is 5. The molecule has 0 unspecified atom stereocenters. The summed E-state index contributed by atoms with van der Waals surface area (Å²) in [6, 6.07) is 6.20. The van der Waals surface area contributed by atoms with Crippen molar-refractivity contribution in [3.05, 3.63) is 63.5 Å². The molecule has 2 aromatic rings. The van der Waals surface area contributed by atoms with Gasteiger partial charge in [-0.1, -0.05) is 0 Å². The number of aromatic nitrogens is 1. The van der Waals surface area contributed by atoms with Gasteiger partial charge in [-0.2, -0.15) is 0 Å². The minimum Gasteiger partial charge on any atom is -0.482 e. The summed E-state index contributed by atoms with van der Waals surface area (Å²) in [7, 11) is 0. The Morgan fingerprint density at radius 1 is 1.30 bits per heavy atom. The standard InChI is InChI=1S/C14H14N2O4/c1-10-4-12(7-15-6-10)9-20-14-5-11(8-17)2-3-13(14)16(18)19/h2-7,17H,8-9H2,1H3. The van der Waals surface area contributed by atoms with E-state index in [1.54, 1.807) is 12.4 Å². The number of aryl methyl sites for hydroxylation is 1. The van der Waals surface area contributed by atoms with Gasteiger partial charge in [0.25, 0.3) is 0 Å². The Bertz CT molecular complexity index is 628. The number of pyridine rings is 1. The summed E-state index contributed by atoms with van der Waals surface area (Å²) < 4.78 is 5.49. The van der Waals surface area contributed by atoms with E-state index in [-0.39, 0.29) is 24.7 Å². The third kappa shape index (κ3) is 3.30. The Labute approximate surface area is 115 Å². The summed E-state index contributed by atoms with van der Waals surface area (Å²) >= 11 is 0. The highest BCUT2D eigenvalue weighted by molar-refractivity contribution is 5.48. The van der Waals surface area contributed by atoms with Crippen molar-refractivity contribution < 1.29 is 14.8 Å². The second kappa shape index (κ2) is 6.12. The maximum Gasteiger partial charge on any atom is 0.310 e. The SMILES string of the molecule is Cc1cncc(COc2cc(CO)ccc2[N+](=O)[O-])c1. The molecule has 20 heavy (non-hydrogen) atoms. The van der Waals surface area contributed by atoms with E-state index in [1.165, 1.54) is 18.2 Å². The van der Waals surface area contributed by atoms with Crippen LogP contribution in [0.1, 0.15) is 16.7 Å². The lowest BCUT2D eigenvalue weighted by Crippen LogP contribution is -2.01. The van der Waals surface area contributed by atoms with Gasteiger partial charge in [-0.05, 0) is 36.2 Å². The lowest BCUT2D eigenvalue weighted by Gasteiger charge is -2.08. The first kappa shape index (κ1) is 14.0.